The topological polar surface area (TPSA) is 35.2 Å². The van der Waals surface area contributed by atoms with E-state index in [1.165, 1.54) is 0 Å². The Morgan fingerprint density at radius 3 is 2.44 bits per heavy atom. The molecule has 2 N–H and O–H groups in total. The molecule has 1 unspecified atom stereocenters. The van der Waals surface area contributed by atoms with E-state index < -0.39 is 0 Å². The molecule has 2 nitrogen and oxygen atoms in total. The molecule has 0 aliphatic carbocycles. The maximum absolute atomic E-state index is 6.23. The van der Waals surface area contributed by atoms with Crippen LogP contribution in [-0.4, -0.2) is 6.61 Å². The van der Waals surface area contributed by atoms with E-state index in [-0.39, 0.29) is 11.5 Å². The molecule has 1 aromatic carbocycles. The first-order chi connectivity index (χ1) is 7.36. The number of nitrogens with two attached hydrogens (primary N) is 1. The highest BCUT2D eigenvalue weighted by Gasteiger charge is 2.24. The number of hydrogen-bond acceptors (Lipinski definition) is 2. The first-order valence-corrected chi connectivity index (χ1v) is 6.33. The first-order valence-electron chi connectivity index (χ1n) is 5.54. The minimum absolute atomic E-state index is 0.0116. The lowest BCUT2D eigenvalue weighted by Gasteiger charge is -2.28. The minimum Gasteiger partial charge on any atom is -0.494 e. The third-order valence-electron chi connectivity index (χ3n) is 2.55. The van der Waals surface area contributed by atoms with Crippen LogP contribution in [0.3, 0.4) is 0 Å². The summed E-state index contributed by atoms with van der Waals surface area (Å²) < 4.78 is 6.45. The predicted octanol–water partition coefficient (Wildman–Crippen LogP) is 3.89. The highest BCUT2D eigenvalue weighted by molar-refractivity contribution is 9.10. The third-order valence-corrected chi connectivity index (χ3v) is 3.24. The minimum atomic E-state index is 0.0116. The Hall–Kier alpha value is -0.540. The second-order valence-electron chi connectivity index (χ2n) is 4.96. The Balaban J connectivity index is 2.99. The van der Waals surface area contributed by atoms with Crippen molar-refractivity contribution in [1.82, 2.24) is 0 Å². The van der Waals surface area contributed by atoms with Crippen molar-refractivity contribution in [2.45, 2.75) is 33.7 Å². The maximum atomic E-state index is 6.23. The van der Waals surface area contributed by atoms with Crippen LogP contribution in [0.4, 0.5) is 0 Å². The molecule has 0 aliphatic heterocycles. The van der Waals surface area contributed by atoms with Gasteiger partial charge < -0.3 is 10.5 Å². The Labute approximate surface area is 106 Å². The fraction of sp³-hybridized carbons (Fsp3) is 0.538. The summed E-state index contributed by atoms with van der Waals surface area (Å²) in [5, 5.41) is 0. The lowest BCUT2D eigenvalue weighted by molar-refractivity contribution is 0.323. The number of hydrogen-bond donors (Lipinski definition) is 1. The van der Waals surface area contributed by atoms with E-state index in [1.807, 2.05) is 25.1 Å². The van der Waals surface area contributed by atoms with Crippen molar-refractivity contribution in [3.8, 4) is 5.75 Å². The van der Waals surface area contributed by atoms with Crippen LogP contribution in [0, 0.1) is 5.41 Å². The van der Waals surface area contributed by atoms with Crippen molar-refractivity contribution in [2.75, 3.05) is 6.61 Å². The van der Waals surface area contributed by atoms with Crippen LogP contribution < -0.4 is 10.5 Å². The summed E-state index contributed by atoms with van der Waals surface area (Å²) in [5.74, 6) is 0.874. The Morgan fingerprint density at radius 2 is 2.00 bits per heavy atom. The second-order valence-corrected chi connectivity index (χ2v) is 5.81. The summed E-state index contributed by atoms with van der Waals surface area (Å²) in [5.41, 5.74) is 7.40. The molecule has 1 rings (SSSR count). The van der Waals surface area contributed by atoms with E-state index in [4.69, 9.17) is 10.5 Å². The van der Waals surface area contributed by atoms with Crippen molar-refractivity contribution in [2.24, 2.45) is 11.1 Å². The normalized spacial score (nSPS) is 13.6. The molecule has 0 heterocycles. The molecular weight excluding hydrogens is 266 g/mol. The van der Waals surface area contributed by atoms with E-state index in [9.17, 15) is 0 Å². The van der Waals surface area contributed by atoms with Gasteiger partial charge in [-0.3, -0.25) is 0 Å². The number of ether oxygens (including phenoxy) is 1. The summed E-state index contributed by atoms with van der Waals surface area (Å²) in [6.07, 6.45) is 0. The summed E-state index contributed by atoms with van der Waals surface area (Å²) >= 11 is 3.55. The molecule has 0 saturated heterocycles. The van der Waals surface area contributed by atoms with Crippen LogP contribution in [0.5, 0.6) is 5.75 Å². The van der Waals surface area contributed by atoms with E-state index in [1.54, 1.807) is 0 Å². The molecule has 0 fully saturated rings. The quantitative estimate of drug-likeness (QED) is 0.914. The SMILES string of the molecule is CCOc1ccc(C(N)C(C)(C)C)c(Br)c1. The molecule has 0 aliphatic rings. The van der Waals surface area contributed by atoms with Gasteiger partial charge >= 0.3 is 0 Å². The van der Waals surface area contributed by atoms with Gasteiger partial charge in [0, 0.05) is 10.5 Å². The molecule has 1 aromatic rings. The van der Waals surface area contributed by atoms with Gasteiger partial charge in [0.15, 0.2) is 0 Å². The van der Waals surface area contributed by atoms with Gasteiger partial charge in [-0.2, -0.15) is 0 Å². The van der Waals surface area contributed by atoms with Crippen molar-refractivity contribution in [1.29, 1.82) is 0 Å². The first kappa shape index (κ1) is 13.5. The van der Waals surface area contributed by atoms with Crippen molar-refractivity contribution in [3.05, 3.63) is 28.2 Å². The van der Waals surface area contributed by atoms with Gasteiger partial charge in [-0.05, 0) is 30.0 Å². The molecule has 0 aromatic heterocycles. The van der Waals surface area contributed by atoms with E-state index in [2.05, 4.69) is 36.7 Å². The van der Waals surface area contributed by atoms with Crippen LogP contribution in [0.15, 0.2) is 22.7 Å². The van der Waals surface area contributed by atoms with Crippen LogP contribution in [0.25, 0.3) is 0 Å². The van der Waals surface area contributed by atoms with Gasteiger partial charge in [0.05, 0.1) is 6.61 Å². The second kappa shape index (κ2) is 5.19. The summed E-state index contributed by atoms with van der Waals surface area (Å²) in [4.78, 5) is 0. The van der Waals surface area contributed by atoms with Gasteiger partial charge in [0.25, 0.3) is 0 Å². The Morgan fingerprint density at radius 1 is 1.38 bits per heavy atom. The highest BCUT2D eigenvalue weighted by Crippen LogP contribution is 2.35. The summed E-state index contributed by atoms with van der Waals surface area (Å²) in [7, 11) is 0. The van der Waals surface area contributed by atoms with Crippen LogP contribution in [0.1, 0.15) is 39.3 Å². The zero-order valence-electron chi connectivity index (χ0n) is 10.4. The molecule has 90 valence electrons. The van der Waals surface area contributed by atoms with Gasteiger partial charge in [0.1, 0.15) is 5.75 Å². The number of halogens is 1. The Bertz CT molecular complexity index is 357. The van der Waals surface area contributed by atoms with Crippen molar-refractivity contribution in [3.63, 3.8) is 0 Å². The maximum Gasteiger partial charge on any atom is 0.120 e. The smallest absolute Gasteiger partial charge is 0.120 e. The van der Waals surface area contributed by atoms with Crippen molar-refractivity contribution < 1.29 is 4.74 Å². The molecular formula is C13H20BrNO. The number of benzene rings is 1. The third kappa shape index (κ3) is 3.22. The zero-order valence-corrected chi connectivity index (χ0v) is 12.0. The van der Waals surface area contributed by atoms with Crippen LogP contribution in [-0.2, 0) is 0 Å². The monoisotopic (exact) mass is 285 g/mol. The van der Waals surface area contributed by atoms with E-state index in [0.717, 1.165) is 15.8 Å². The lowest BCUT2D eigenvalue weighted by Crippen LogP contribution is -2.26. The van der Waals surface area contributed by atoms with Crippen LogP contribution >= 0.6 is 15.9 Å². The molecule has 0 radical (unpaired) electrons. The van der Waals surface area contributed by atoms with Gasteiger partial charge in [-0.1, -0.05) is 42.8 Å². The fourth-order valence-corrected chi connectivity index (χ4v) is 2.09. The molecule has 1 atom stereocenters. The van der Waals surface area contributed by atoms with Crippen LogP contribution in [0.2, 0.25) is 0 Å². The largest absolute Gasteiger partial charge is 0.494 e. The highest BCUT2D eigenvalue weighted by atomic mass is 79.9. The average Bonchev–Trinajstić information content (AvgIpc) is 2.16. The Kier molecular flexibility index (Phi) is 4.39. The summed E-state index contributed by atoms with van der Waals surface area (Å²) in [6.45, 7) is 9.07. The van der Waals surface area contributed by atoms with E-state index >= 15 is 0 Å². The standard InChI is InChI=1S/C13H20BrNO/c1-5-16-9-6-7-10(11(14)8-9)12(15)13(2,3)4/h6-8,12H,5,15H2,1-4H3. The molecule has 3 heteroatoms. The van der Waals surface area contributed by atoms with Crippen molar-refractivity contribution >= 4 is 15.9 Å². The van der Waals surface area contributed by atoms with Gasteiger partial charge in [-0.15, -0.1) is 0 Å². The molecule has 0 amide bonds. The number of rotatable bonds is 3. The molecule has 0 saturated carbocycles. The van der Waals surface area contributed by atoms with Gasteiger partial charge in [-0.25, -0.2) is 0 Å². The molecule has 0 spiro atoms. The lowest BCUT2D eigenvalue weighted by atomic mass is 9.83. The zero-order chi connectivity index (χ0) is 12.3. The van der Waals surface area contributed by atoms with Gasteiger partial charge in [0.2, 0.25) is 0 Å². The molecule has 16 heavy (non-hydrogen) atoms. The summed E-state index contributed by atoms with van der Waals surface area (Å²) in [6, 6.07) is 5.99. The fourth-order valence-electron chi connectivity index (χ4n) is 1.48. The van der Waals surface area contributed by atoms with E-state index in [0.29, 0.717) is 6.61 Å². The average molecular weight is 286 g/mol. The predicted molar refractivity (Wildman–Crippen MR) is 71.7 cm³/mol. The molecule has 0 bridgehead atoms.